The largest absolute Gasteiger partial charge is 0.462 e. The van der Waals surface area contributed by atoms with Crippen LogP contribution >= 0.6 is 7.52 Å². The van der Waals surface area contributed by atoms with Crippen molar-refractivity contribution in [3.63, 3.8) is 0 Å². The predicted octanol–water partition coefficient (Wildman–Crippen LogP) is 3.17. The van der Waals surface area contributed by atoms with E-state index in [2.05, 4.69) is 20.0 Å². The zero-order valence-electron chi connectivity index (χ0n) is 22.9. The summed E-state index contributed by atoms with van der Waals surface area (Å²) in [4.78, 5) is 37.7. The maximum atomic E-state index is 14.0. The van der Waals surface area contributed by atoms with Gasteiger partial charge in [-0.1, -0.05) is 0 Å². The van der Waals surface area contributed by atoms with Gasteiger partial charge in [0.15, 0.2) is 17.6 Å². The Balaban J connectivity index is 1.71. The molecule has 2 aromatic heterocycles. The fraction of sp³-hybridized carbons (Fsp3) is 0.708. The number of imidazole rings is 1. The van der Waals surface area contributed by atoms with Crippen molar-refractivity contribution < 1.29 is 32.9 Å². The summed E-state index contributed by atoms with van der Waals surface area (Å²) < 4.78 is 38.2. The summed E-state index contributed by atoms with van der Waals surface area (Å²) in [5.74, 6) is -0.970. The van der Waals surface area contributed by atoms with E-state index in [9.17, 15) is 14.2 Å². The summed E-state index contributed by atoms with van der Waals surface area (Å²) in [5.41, 5.74) is 5.47. The van der Waals surface area contributed by atoms with Gasteiger partial charge in [0.2, 0.25) is 0 Å². The lowest BCUT2D eigenvalue weighted by molar-refractivity contribution is -0.156. The van der Waals surface area contributed by atoms with Crippen LogP contribution in [-0.2, 0) is 39.4 Å². The Hall–Kier alpha value is -2.60. The van der Waals surface area contributed by atoms with Crippen LogP contribution in [0.5, 0.6) is 0 Å². The third kappa shape index (κ3) is 7.95. The van der Waals surface area contributed by atoms with Gasteiger partial charge >= 0.3 is 11.9 Å². The standard InChI is InChI=1S/C24H39N6O7P/c1-15(2)35-23(32)24(5,6)29-38(33,37-17(4)22(31)36-18-9-7-8-10-18)14-34-16(3)11-30-13-28-19-20(25)26-12-27-21(19)30/h12-13,15-18H,7-11,14H2,1-6H3,(H,29,33)(H2,25,26,27)/t16-,17+,38+/m1/s1. The first kappa shape index (κ1) is 29.9. The Bertz CT molecular complexity index is 1160. The first-order chi connectivity index (χ1) is 17.8. The average Bonchev–Trinajstić information content (AvgIpc) is 3.48. The Labute approximate surface area is 222 Å². The predicted molar refractivity (Wildman–Crippen MR) is 140 cm³/mol. The van der Waals surface area contributed by atoms with Gasteiger partial charge in [0.1, 0.15) is 29.8 Å². The molecular formula is C24H39N6O7P. The summed E-state index contributed by atoms with van der Waals surface area (Å²) >= 11 is 0. The van der Waals surface area contributed by atoms with Gasteiger partial charge in [-0.2, -0.15) is 0 Å². The summed E-state index contributed by atoms with van der Waals surface area (Å²) in [5, 5.41) is 2.78. The number of esters is 2. The number of ether oxygens (including phenoxy) is 3. The molecule has 3 atom stereocenters. The van der Waals surface area contributed by atoms with Crippen LogP contribution in [0.15, 0.2) is 12.7 Å². The van der Waals surface area contributed by atoms with Gasteiger partial charge in [0, 0.05) is 0 Å². The molecule has 1 aliphatic rings. The van der Waals surface area contributed by atoms with E-state index < -0.39 is 43.6 Å². The molecule has 2 aromatic rings. The first-order valence-corrected chi connectivity index (χ1v) is 14.6. The number of nitrogen functional groups attached to an aromatic ring is 1. The number of rotatable bonds is 13. The van der Waals surface area contributed by atoms with Crippen molar-refractivity contribution in [1.29, 1.82) is 0 Å². The van der Waals surface area contributed by atoms with E-state index in [-0.39, 0.29) is 18.0 Å². The molecule has 0 aliphatic heterocycles. The molecule has 0 amide bonds. The summed E-state index contributed by atoms with van der Waals surface area (Å²) in [6.07, 6.45) is 3.90. The molecule has 14 heteroatoms. The highest BCUT2D eigenvalue weighted by molar-refractivity contribution is 7.56. The van der Waals surface area contributed by atoms with Gasteiger partial charge in [0.05, 0.1) is 25.1 Å². The Morgan fingerprint density at radius 3 is 2.53 bits per heavy atom. The number of nitrogens with one attached hydrogen (secondary N) is 1. The lowest BCUT2D eigenvalue weighted by Gasteiger charge is -2.32. The third-order valence-electron chi connectivity index (χ3n) is 5.96. The second-order valence-electron chi connectivity index (χ2n) is 10.4. The molecule has 212 valence electrons. The Kier molecular flexibility index (Phi) is 9.85. The number of hydrogen-bond acceptors (Lipinski definition) is 11. The summed E-state index contributed by atoms with van der Waals surface area (Å²) in [6.45, 7) is 10.0. The van der Waals surface area contributed by atoms with Crippen LogP contribution < -0.4 is 10.8 Å². The van der Waals surface area contributed by atoms with Crippen LogP contribution in [0, 0.1) is 0 Å². The molecule has 2 heterocycles. The fourth-order valence-electron chi connectivity index (χ4n) is 4.07. The lowest BCUT2D eigenvalue weighted by Crippen LogP contribution is -2.48. The van der Waals surface area contributed by atoms with Gasteiger partial charge in [0.25, 0.3) is 7.52 Å². The van der Waals surface area contributed by atoms with E-state index >= 15 is 0 Å². The number of carbonyl (C=O) groups excluding carboxylic acids is 2. The smallest absolute Gasteiger partial charge is 0.335 e. The van der Waals surface area contributed by atoms with Gasteiger partial charge in [-0.25, -0.2) is 24.8 Å². The Morgan fingerprint density at radius 1 is 1.18 bits per heavy atom. The number of carbonyl (C=O) groups is 2. The van der Waals surface area contributed by atoms with Crippen LogP contribution in [0.25, 0.3) is 11.2 Å². The molecule has 1 fully saturated rings. The van der Waals surface area contributed by atoms with Crippen molar-refractivity contribution >= 4 is 36.4 Å². The van der Waals surface area contributed by atoms with Crippen molar-refractivity contribution in [2.75, 3.05) is 12.1 Å². The van der Waals surface area contributed by atoms with Crippen molar-refractivity contribution in [3.05, 3.63) is 12.7 Å². The SMILES string of the molecule is CC(C)OC(=O)C(C)(C)N[P@](=O)(CO[C@H](C)Cn1cnc2c(N)ncnc21)O[C@@H](C)C(=O)OC1CCCC1. The lowest BCUT2D eigenvalue weighted by atomic mass is 10.1. The third-order valence-corrected chi connectivity index (χ3v) is 8.01. The van der Waals surface area contributed by atoms with Gasteiger partial charge < -0.3 is 29.0 Å². The van der Waals surface area contributed by atoms with E-state index in [0.717, 1.165) is 25.7 Å². The molecule has 0 radical (unpaired) electrons. The monoisotopic (exact) mass is 554 g/mol. The van der Waals surface area contributed by atoms with Crippen LogP contribution in [0.2, 0.25) is 0 Å². The Morgan fingerprint density at radius 2 is 1.87 bits per heavy atom. The average molecular weight is 555 g/mol. The fourth-order valence-corrected chi connectivity index (χ4v) is 6.24. The molecule has 0 bridgehead atoms. The van der Waals surface area contributed by atoms with Gasteiger partial charge in [-0.15, -0.1) is 0 Å². The second-order valence-corrected chi connectivity index (χ2v) is 12.4. The second kappa shape index (κ2) is 12.5. The maximum absolute atomic E-state index is 14.0. The normalized spacial score (nSPS) is 17.9. The van der Waals surface area contributed by atoms with Gasteiger partial charge in [-0.05, 0) is 67.2 Å². The zero-order chi connectivity index (χ0) is 28.1. The van der Waals surface area contributed by atoms with Crippen LogP contribution in [-0.4, -0.2) is 67.8 Å². The first-order valence-electron chi connectivity index (χ1n) is 12.8. The highest BCUT2D eigenvalue weighted by atomic mass is 31.2. The van der Waals surface area contributed by atoms with Crippen LogP contribution in [0.4, 0.5) is 5.82 Å². The minimum absolute atomic E-state index is 0.169. The molecule has 3 rings (SSSR count). The van der Waals surface area contributed by atoms with Crippen molar-refractivity contribution in [2.45, 2.75) is 104 Å². The molecular weight excluding hydrogens is 515 g/mol. The zero-order valence-corrected chi connectivity index (χ0v) is 23.8. The summed E-state index contributed by atoms with van der Waals surface area (Å²) in [6, 6.07) is 0. The molecule has 3 N–H and O–H groups in total. The minimum atomic E-state index is -3.94. The van der Waals surface area contributed by atoms with Crippen molar-refractivity contribution in [1.82, 2.24) is 24.6 Å². The quantitative estimate of drug-likeness (QED) is 0.274. The number of anilines is 1. The number of hydrogen-bond donors (Lipinski definition) is 2. The van der Waals surface area contributed by atoms with Crippen LogP contribution in [0.1, 0.15) is 67.2 Å². The van der Waals surface area contributed by atoms with Crippen molar-refractivity contribution in [2.24, 2.45) is 0 Å². The number of nitrogens with two attached hydrogens (primary N) is 1. The molecule has 0 saturated heterocycles. The van der Waals surface area contributed by atoms with Crippen LogP contribution in [0.3, 0.4) is 0 Å². The van der Waals surface area contributed by atoms with E-state index in [1.807, 2.05) is 0 Å². The molecule has 13 nitrogen and oxygen atoms in total. The molecule has 0 spiro atoms. The molecule has 1 aliphatic carbocycles. The van der Waals surface area contributed by atoms with Gasteiger partial charge in [-0.3, -0.25) is 9.36 Å². The number of fused-ring (bicyclic) bond motifs is 1. The molecule has 38 heavy (non-hydrogen) atoms. The van der Waals surface area contributed by atoms with E-state index in [0.29, 0.717) is 17.7 Å². The van der Waals surface area contributed by atoms with E-state index in [4.69, 9.17) is 24.5 Å². The van der Waals surface area contributed by atoms with Crippen molar-refractivity contribution in [3.8, 4) is 0 Å². The molecule has 0 unspecified atom stereocenters. The topological polar surface area (TPSA) is 170 Å². The highest BCUT2D eigenvalue weighted by Gasteiger charge is 2.41. The summed E-state index contributed by atoms with van der Waals surface area (Å²) in [7, 11) is -3.94. The van der Waals surface area contributed by atoms with E-state index in [1.165, 1.54) is 27.1 Å². The number of aromatic nitrogens is 4. The van der Waals surface area contributed by atoms with E-state index in [1.54, 1.807) is 31.7 Å². The molecule has 1 saturated carbocycles. The maximum Gasteiger partial charge on any atom is 0.335 e. The number of nitrogens with zero attached hydrogens (tertiary/aromatic N) is 4. The minimum Gasteiger partial charge on any atom is -0.462 e. The molecule has 0 aromatic carbocycles. The highest BCUT2D eigenvalue weighted by Crippen LogP contribution is 2.46.